The lowest BCUT2D eigenvalue weighted by Crippen LogP contribution is -2.06. The van der Waals surface area contributed by atoms with Crippen LogP contribution in [0.5, 0.6) is 0 Å². The van der Waals surface area contributed by atoms with Crippen LogP contribution in [0.25, 0.3) is 5.65 Å². The van der Waals surface area contributed by atoms with Gasteiger partial charge in [-0.25, -0.2) is 4.98 Å². The van der Waals surface area contributed by atoms with Crippen molar-refractivity contribution in [3.8, 4) is 0 Å². The zero-order valence-corrected chi connectivity index (χ0v) is 12.5. The van der Waals surface area contributed by atoms with Crippen LogP contribution in [0.4, 0.5) is 24.7 Å². The zero-order valence-electron chi connectivity index (χ0n) is 12.5. The third kappa shape index (κ3) is 3.08. The molecule has 0 fully saturated rings. The molecular formula is C16H13F3N4. The average Bonchev–Trinajstić information content (AvgIpc) is 2.79. The summed E-state index contributed by atoms with van der Waals surface area (Å²) in [6.07, 6.45) is -3.43. The molecule has 23 heavy (non-hydrogen) atoms. The Morgan fingerprint density at radius 1 is 1.04 bits per heavy atom. The number of pyridine rings is 1. The minimum absolute atomic E-state index is 0.285. The van der Waals surface area contributed by atoms with Gasteiger partial charge in [0.25, 0.3) is 0 Å². The van der Waals surface area contributed by atoms with Gasteiger partial charge in [0.2, 0.25) is 0 Å². The first-order chi connectivity index (χ1) is 10.8. The Labute approximate surface area is 130 Å². The second-order valence-corrected chi connectivity index (χ2v) is 5.20. The van der Waals surface area contributed by atoms with Gasteiger partial charge in [0.15, 0.2) is 5.82 Å². The van der Waals surface area contributed by atoms with E-state index in [-0.39, 0.29) is 5.82 Å². The lowest BCUT2D eigenvalue weighted by molar-refractivity contribution is -0.137. The lowest BCUT2D eigenvalue weighted by Gasteiger charge is -2.06. The monoisotopic (exact) mass is 318 g/mol. The number of alkyl halides is 3. The molecule has 4 nitrogen and oxygen atoms in total. The summed E-state index contributed by atoms with van der Waals surface area (Å²) >= 11 is 0. The van der Waals surface area contributed by atoms with Crippen molar-refractivity contribution in [3.05, 3.63) is 59.4 Å². The van der Waals surface area contributed by atoms with Gasteiger partial charge in [-0.15, -0.1) is 10.2 Å². The number of aryl methyl sites for hydroxylation is 2. The first kappa shape index (κ1) is 15.2. The second-order valence-electron chi connectivity index (χ2n) is 5.20. The maximum absolute atomic E-state index is 12.9. The molecule has 0 N–H and O–H groups in total. The van der Waals surface area contributed by atoms with E-state index in [0.717, 1.165) is 17.8 Å². The second kappa shape index (κ2) is 5.49. The van der Waals surface area contributed by atoms with Crippen molar-refractivity contribution in [2.24, 2.45) is 10.2 Å². The average molecular weight is 318 g/mol. The van der Waals surface area contributed by atoms with E-state index < -0.39 is 11.7 Å². The van der Waals surface area contributed by atoms with Crippen molar-refractivity contribution in [2.75, 3.05) is 0 Å². The quantitative estimate of drug-likeness (QED) is 0.584. The maximum atomic E-state index is 12.9. The SMILES string of the molecule is Cc1cccc(N=Nc2c(C)nc3ccc(C(F)(F)F)cn23)c1. The highest BCUT2D eigenvalue weighted by Crippen LogP contribution is 2.31. The molecule has 0 radical (unpaired) electrons. The maximum Gasteiger partial charge on any atom is 0.417 e. The molecule has 0 aliphatic rings. The lowest BCUT2D eigenvalue weighted by atomic mass is 10.2. The summed E-state index contributed by atoms with van der Waals surface area (Å²) in [7, 11) is 0. The highest BCUT2D eigenvalue weighted by atomic mass is 19.4. The number of hydrogen-bond acceptors (Lipinski definition) is 3. The summed E-state index contributed by atoms with van der Waals surface area (Å²) in [5, 5.41) is 8.18. The molecule has 0 atom stereocenters. The Morgan fingerprint density at radius 3 is 2.52 bits per heavy atom. The number of benzene rings is 1. The van der Waals surface area contributed by atoms with Crippen molar-refractivity contribution in [3.63, 3.8) is 0 Å². The number of azo groups is 1. The van der Waals surface area contributed by atoms with Crippen LogP contribution in [0.2, 0.25) is 0 Å². The van der Waals surface area contributed by atoms with E-state index in [1.807, 2.05) is 25.1 Å². The number of imidazole rings is 1. The minimum atomic E-state index is -4.42. The van der Waals surface area contributed by atoms with Gasteiger partial charge in [-0.1, -0.05) is 12.1 Å². The number of halogens is 3. The summed E-state index contributed by atoms with van der Waals surface area (Å²) in [5.74, 6) is 0.285. The fourth-order valence-corrected chi connectivity index (χ4v) is 2.23. The molecule has 0 bridgehead atoms. The summed E-state index contributed by atoms with van der Waals surface area (Å²) < 4.78 is 39.9. The van der Waals surface area contributed by atoms with Crippen LogP contribution in [0.1, 0.15) is 16.8 Å². The van der Waals surface area contributed by atoms with Gasteiger partial charge >= 0.3 is 6.18 Å². The fraction of sp³-hybridized carbons (Fsp3) is 0.188. The number of hydrogen-bond donors (Lipinski definition) is 0. The molecule has 0 aliphatic heterocycles. The van der Waals surface area contributed by atoms with Gasteiger partial charge in [0.05, 0.1) is 16.9 Å². The number of aromatic nitrogens is 2. The molecule has 0 unspecified atom stereocenters. The minimum Gasteiger partial charge on any atom is -0.282 e. The van der Waals surface area contributed by atoms with Gasteiger partial charge in [0.1, 0.15) is 5.65 Å². The van der Waals surface area contributed by atoms with Gasteiger partial charge in [-0.05, 0) is 43.7 Å². The molecule has 0 amide bonds. The number of fused-ring (bicyclic) bond motifs is 1. The van der Waals surface area contributed by atoms with E-state index >= 15 is 0 Å². The van der Waals surface area contributed by atoms with Crippen LogP contribution in [0.3, 0.4) is 0 Å². The van der Waals surface area contributed by atoms with Crippen LogP contribution in [0, 0.1) is 13.8 Å². The van der Waals surface area contributed by atoms with E-state index in [4.69, 9.17) is 0 Å². The van der Waals surface area contributed by atoms with E-state index in [2.05, 4.69) is 15.2 Å². The zero-order chi connectivity index (χ0) is 16.6. The molecule has 0 saturated carbocycles. The summed E-state index contributed by atoms with van der Waals surface area (Å²) in [4.78, 5) is 4.21. The highest BCUT2D eigenvalue weighted by molar-refractivity contribution is 5.53. The van der Waals surface area contributed by atoms with Crippen molar-refractivity contribution >= 4 is 17.2 Å². The fourth-order valence-electron chi connectivity index (χ4n) is 2.23. The molecule has 0 aliphatic carbocycles. The molecule has 118 valence electrons. The third-order valence-electron chi connectivity index (χ3n) is 3.35. The molecule has 0 saturated heterocycles. The summed E-state index contributed by atoms with van der Waals surface area (Å²) in [5.41, 5.74) is 1.81. The molecule has 0 spiro atoms. The van der Waals surface area contributed by atoms with Gasteiger partial charge in [-0.3, -0.25) is 4.40 Å². The topological polar surface area (TPSA) is 42.0 Å². The summed E-state index contributed by atoms with van der Waals surface area (Å²) in [6.45, 7) is 3.61. The summed E-state index contributed by atoms with van der Waals surface area (Å²) in [6, 6.07) is 9.70. The van der Waals surface area contributed by atoms with Crippen LogP contribution < -0.4 is 0 Å². The van der Waals surface area contributed by atoms with E-state index in [9.17, 15) is 13.2 Å². The van der Waals surface area contributed by atoms with E-state index in [0.29, 0.717) is 17.0 Å². The van der Waals surface area contributed by atoms with Gasteiger partial charge < -0.3 is 0 Å². The normalized spacial score (nSPS) is 12.4. The van der Waals surface area contributed by atoms with Crippen molar-refractivity contribution in [1.29, 1.82) is 0 Å². The predicted molar refractivity (Wildman–Crippen MR) is 80.3 cm³/mol. The predicted octanol–water partition coefficient (Wildman–Crippen LogP) is 5.39. The first-order valence-corrected chi connectivity index (χ1v) is 6.89. The Bertz CT molecular complexity index is 894. The Morgan fingerprint density at radius 2 is 1.83 bits per heavy atom. The van der Waals surface area contributed by atoms with Gasteiger partial charge in [-0.2, -0.15) is 13.2 Å². The number of nitrogens with zero attached hydrogens (tertiary/aromatic N) is 4. The van der Waals surface area contributed by atoms with Crippen LogP contribution in [-0.2, 0) is 6.18 Å². The third-order valence-corrected chi connectivity index (χ3v) is 3.35. The van der Waals surface area contributed by atoms with Crippen molar-refractivity contribution < 1.29 is 13.2 Å². The Hall–Kier alpha value is -2.70. The molecule has 1 aromatic carbocycles. The highest BCUT2D eigenvalue weighted by Gasteiger charge is 2.31. The van der Waals surface area contributed by atoms with Crippen LogP contribution in [-0.4, -0.2) is 9.38 Å². The smallest absolute Gasteiger partial charge is 0.282 e. The Balaban J connectivity index is 2.07. The first-order valence-electron chi connectivity index (χ1n) is 6.89. The molecular weight excluding hydrogens is 305 g/mol. The molecule has 3 rings (SSSR count). The van der Waals surface area contributed by atoms with Crippen molar-refractivity contribution in [1.82, 2.24) is 9.38 Å². The Kier molecular flexibility index (Phi) is 3.63. The number of rotatable bonds is 2. The standard InChI is InChI=1S/C16H13F3N4/c1-10-4-3-5-13(8-10)21-22-15-11(2)20-14-7-6-12(9-23(14)15)16(17,18)19/h3-9H,1-2H3. The van der Waals surface area contributed by atoms with Crippen molar-refractivity contribution in [2.45, 2.75) is 20.0 Å². The molecule has 2 aromatic heterocycles. The molecule has 2 heterocycles. The van der Waals surface area contributed by atoms with E-state index in [1.165, 1.54) is 10.5 Å². The van der Waals surface area contributed by atoms with Crippen LogP contribution >= 0.6 is 0 Å². The molecule has 7 heteroatoms. The van der Waals surface area contributed by atoms with E-state index in [1.54, 1.807) is 13.0 Å². The van der Waals surface area contributed by atoms with Crippen LogP contribution in [0.15, 0.2) is 52.8 Å². The van der Waals surface area contributed by atoms with Gasteiger partial charge in [0, 0.05) is 6.20 Å². The molecule has 3 aromatic rings. The largest absolute Gasteiger partial charge is 0.417 e.